The minimum Gasteiger partial charge on any atom is -0.358 e. The second-order valence-corrected chi connectivity index (χ2v) is 8.29. The number of carbonyl (C=O) groups is 1. The molecular weight excluding hydrogens is 364 g/mol. The number of nitrogens with zero attached hydrogens (tertiary/aromatic N) is 3. The topological polar surface area (TPSA) is 92.1 Å². The second kappa shape index (κ2) is 5.03. The molecule has 0 aliphatic heterocycles. The van der Waals surface area contributed by atoms with Crippen LogP contribution in [0.3, 0.4) is 0 Å². The van der Waals surface area contributed by atoms with E-state index in [0.717, 1.165) is 37.0 Å². The van der Waals surface area contributed by atoms with Crippen molar-refractivity contribution < 1.29 is 9.72 Å². The lowest BCUT2D eigenvalue weighted by Crippen LogP contribution is -2.60. The van der Waals surface area contributed by atoms with Gasteiger partial charge in [0.05, 0.1) is 0 Å². The van der Waals surface area contributed by atoms with Gasteiger partial charge in [-0.1, -0.05) is 5.10 Å². The van der Waals surface area contributed by atoms with Crippen molar-refractivity contribution in [3.8, 4) is 0 Å². The van der Waals surface area contributed by atoms with Gasteiger partial charge >= 0.3 is 5.82 Å². The summed E-state index contributed by atoms with van der Waals surface area (Å²) in [6.45, 7) is 0. The fourth-order valence-electron chi connectivity index (χ4n) is 5.43. The quantitative estimate of drug-likeness (QED) is 0.641. The Hall–Kier alpha value is -1.44. The first-order chi connectivity index (χ1) is 10.9. The summed E-state index contributed by atoms with van der Waals surface area (Å²) in [4.78, 5) is 25.1. The van der Waals surface area contributed by atoms with E-state index < -0.39 is 4.92 Å². The zero-order valence-electron chi connectivity index (χ0n) is 12.9. The predicted molar refractivity (Wildman–Crippen MR) is 85.9 cm³/mol. The number of nitrogens with one attached hydrogen (secondary N) is 1. The van der Waals surface area contributed by atoms with Crippen molar-refractivity contribution in [3.63, 3.8) is 0 Å². The van der Waals surface area contributed by atoms with Crippen LogP contribution in [0.4, 0.5) is 5.82 Å². The van der Waals surface area contributed by atoms with Crippen LogP contribution >= 0.6 is 15.9 Å². The summed E-state index contributed by atoms with van der Waals surface area (Å²) in [5, 5.41) is 17.1. The van der Waals surface area contributed by atoms with Gasteiger partial charge in [-0.3, -0.25) is 4.79 Å². The third-order valence-electron chi connectivity index (χ3n) is 6.10. The number of hydrogen-bond acceptors (Lipinski definition) is 4. The van der Waals surface area contributed by atoms with E-state index in [4.69, 9.17) is 0 Å². The van der Waals surface area contributed by atoms with Crippen LogP contribution in [-0.4, -0.2) is 38.5 Å². The molecule has 4 fully saturated rings. The van der Waals surface area contributed by atoms with E-state index in [1.54, 1.807) is 0 Å². The third-order valence-corrected chi connectivity index (χ3v) is 6.85. The standard InChI is InChI=1S/C15H19BrN4O3/c1-19(14(21)12-11(16)13(18-17-12)20(22)23)15-5-8-2-9(6-15)4-10(3-8)7-15/h8-10H,2-7H2,1H3,(H,17,18). The first-order valence-electron chi connectivity index (χ1n) is 8.06. The van der Waals surface area contributed by atoms with Crippen LogP contribution in [-0.2, 0) is 0 Å². The van der Waals surface area contributed by atoms with Gasteiger partial charge in [-0.05, 0) is 77.1 Å². The van der Waals surface area contributed by atoms with Crippen LogP contribution in [0.1, 0.15) is 49.0 Å². The number of H-pyrrole nitrogens is 1. The minimum atomic E-state index is -0.571. The van der Waals surface area contributed by atoms with Crippen molar-refractivity contribution in [3.05, 3.63) is 20.3 Å². The number of aromatic amines is 1. The average Bonchev–Trinajstić information content (AvgIpc) is 2.86. The highest BCUT2D eigenvalue weighted by molar-refractivity contribution is 9.10. The maximum Gasteiger partial charge on any atom is 0.357 e. The van der Waals surface area contributed by atoms with Crippen LogP contribution in [0.15, 0.2) is 4.47 Å². The number of aromatic nitrogens is 2. The molecular formula is C15H19BrN4O3. The van der Waals surface area contributed by atoms with E-state index in [1.807, 2.05) is 11.9 Å². The zero-order chi connectivity index (χ0) is 16.4. The molecule has 7 nitrogen and oxygen atoms in total. The van der Waals surface area contributed by atoms with Gasteiger partial charge < -0.3 is 15.0 Å². The molecule has 0 radical (unpaired) electrons. The summed E-state index contributed by atoms with van der Waals surface area (Å²) in [6.07, 6.45) is 7.10. The number of rotatable bonds is 3. The molecule has 0 aromatic carbocycles. The SMILES string of the molecule is CN(C(=O)c1n[nH]c([N+](=O)[O-])c1Br)C12CC3CC(CC(C3)C1)C2. The summed E-state index contributed by atoms with van der Waals surface area (Å²) < 4.78 is 0.143. The molecule has 1 aromatic heterocycles. The van der Waals surface area contributed by atoms with Gasteiger partial charge in [0.2, 0.25) is 0 Å². The zero-order valence-corrected chi connectivity index (χ0v) is 14.5. The highest BCUT2D eigenvalue weighted by Crippen LogP contribution is 2.57. The largest absolute Gasteiger partial charge is 0.358 e. The molecule has 4 aliphatic carbocycles. The van der Waals surface area contributed by atoms with E-state index in [-0.39, 0.29) is 27.4 Å². The smallest absolute Gasteiger partial charge is 0.357 e. The molecule has 1 heterocycles. The molecule has 1 aromatic rings. The Kier molecular flexibility index (Phi) is 3.30. The molecule has 23 heavy (non-hydrogen) atoms. The van der Waals surface area contributed by atoms with E-state index in [0.29, 0.717) is 0 Å². The lowest BCUT2D eigenvalue weighted by atomic mass is 9.52. The maximum atomic E-state index is 12.9. The van der Waals surface area contributed by atoms with Crippen LogP contribution in [0.2, 0.25) is 0 Å². The highest BCUT2D eigenvalue weighted by atomic mass is 79.9. The van der Waals surface area contributed by atoms with Crippen LogP contribution in [0.5, 0.6) is 0 Å². The molecule has 4 bridgehead atoms. The third kappa shape index (κ3) is 2.21. The fourth-order valence-corrected chi connectivity index (χ4v) is 5.92. The van der Waals surface area contributed by atoms with Gasteiger partial charge in [0.25, 0.3) is 5.91 Å². The summed E-state index contributed by atoms with van der Waals surface area (Å²) >= 11 is 3.15. The molecule has 1 N–H and O–H groups in total. The number of amides is 1. The Morgan fingerprint density at radius 2 is 1.83 bits per heavy atom. The number of halogens is 1. The lowest BCUT2D eigenvalue weighted by Gasteiger charge is -2.59. The van der Waals surface area contributed by atoms with E-state index >= 15 is 0 Å². The number of carbonyl (C=O) groups excluding carboxylic acids is 1. The molecule has 4 saturated carbocycles. The number of nitro groups is 1. The fraction of sp³-hybridized carbons (Fsp3) is 0.733. The van der Waals surface area contributed by atoms with Crippen molar-refractivity contribution in [2.45, 2.75) is 44.1 Å². The molecule has 0 atom stereocenters. The normalized spacial score (nSPS) is 34.6. The summed E-state index contributed by atoms with van der Waals surface area (Å²) in [7, 11) is 1.84. The van der Waals surface area contributed by atoms with E-state index in [1.165, 1.54) is 19.3 Å². The molecule has 8 heteroatoms. The molecule has 0 unspecified atom stereocenters. The Morgan fingerprint density at radius 1 is 1.30 bits per heavy atom. The summed E-state index contributed by atoms with van der Waals surface area (Å²) in [6, 6.07) is 0. The van der Waals surface area contributed by atoms with Gasteiger partial charge in [-0.25, -0.2) is 0 Å². The van der Waals surface area contributed by atoms with Crippen LogP contribution < -0.4 is 0 Å². The average molecular weight is 383 g/mol. The van der Waals surface area contributed by atoms with Crippen molar-refractivity contribution >= 4 is 27.7 Å². The predicted octanol–water partition coefficient (Wildman–Crippen LogP) is 3.12. The van der Waals surface area contributed by atoms with Crippen LogP contribution in [0, 0.1) is 27.9 Å². The van der Waals surface area contributed by atoms with Crippen molar-refractivity contribution in [1.29, 1.82) is 0 Å². The Labute approximate surface area is 142 Å². The van der Waals surface area contributed by atoms with Crippen molar-refractivity contribution in [2.24, 2.45) is 17.8 Å². The molecule has 124 valence electrons. The summed E-state index contributed by atoms with van der Waals surface area (Å²) in [5.41, 5.74) is 0.0221. The van der Waals surface area contributed by atoms with Gasteiger partial charge in [-0.2, -0.15) is 0 Å². The van der Waals surface area contributed by atoms with Gasteiger partial charge in [0.1, 0.15) is 4.47 Å². The molecule has 4 aliphatic rings. The first kappa shape index (κ1) is 15.1. The summed E-state index contributed by atoms with van der Waals surface area (Å²) in [5.74, 6) is 1.69. The lowest BCUT2D eigenvalue weighted by molar-refractivity contribution is -0.390. The molecule has 0 saturated heterocycles. The van der Waals surface area contributed by atoms with Crippen molar-refractivity contribution in [2.75, 3.05) is 7.05 Å². The van der Waals surface area contributed by atoms with E-state index in [9.17, 15) is 14.9 Å². The number of hydrogen-bond donors (Lipinski definition) is 1. The Balaban J connectivity index is 1.63. The van der Waals surface area contributed by atoms with Gasteiger partial charge in [0.15, 0.2) is 5.69 Å². The maximum absolute atomic E-state index is 12.9. The first-order valence-corrected chi connectivity index (χ1v) is 8.85. The van der Waals surface area contributed by atoms with Crippen LogP contribution in [0.25, 0.3) is 0 Å². The highest BCUT2D eigenvalue weighted by Gasteiger charge is 2.54. The molecule has 5 rings (SSSR count). The van der Waals surface area contributed by atoms with E-state index in [2.05, 4.69) is 26.1 Å². The van der Waals surface area contributed by atoms with Crippen molar-refractivity contribution in [1.82, 2.24) is 15.1 Å². The minimum absolute atomic E-state index is 0.0843. The second-order valence-electron chi connectivity index (χ2n) is 7.50. The Morgan fingerprint density at radius 3 is 2.26 bits per heavy atom. The monoisotopic (exact) mass is 382 g/mol. The van der Waals surface area contributed by atoms with Gasteiger partial charge in [-0.15, -0.1) is 5.10 Å². The van der Waals surface area contributed by atoms with Gasteiger partial charge in [0, 0.05) is 12.6 Å². The Bertz CT molecular complexity index is 651. The molecule has 1 amide bonds. The molecule has 0 spiro atoms.